The Kier molecular flexibility index (Phi) is 3.64. The molecule has 2 fully saturated rings. The van der Waals surface area contributed by atoms with Crippen LogP contribution in [0.1, 0.15) is 39.5 Å². The molecular formula is C13H20O3. The number of fused-ring (bicyclic) bond motifs is 1. The average molecular weight is 224 g/mol. The van der Waals surface area contributed by atoms with Crippen LogP contribution in [-0.2, 0) is 14.3 Å². The third-order valence-corrected chi connectivity index (χ3v) is 3.29. The lowest BCUT2D eigenvalue weighted by Crippen LogP contribution is -2.14. The number of hydrogen-bond acceptors (Lipinski definition) is 3. The summed E-state index contributed by atoms with van der Waals surface area (Å²) >= 11 is 0. The van der Waals surface area contributed by atoms with Gasteiger partial charge in [0.05, 0.1) is 18.8 Å². The molecule has 2 rings (SSSR count). The number of carbonyl (C=O) groups excluding carboxylic acids is 1. The van der Waals surface area contributed by atoms with Crippen molar-refractivity contribution in [3.63, 3.8) is 0 Å². The third-order valence-electron chi connectivity index (χ3n) is 3.29. The first-order valence-corrected chi connectivity index (χ1v) is 6.21. The summed E-state index contributed by atoms with van der Waals surface area (Å²) in [5.74, 6) is 0.332. The monoisotopic (exact) mass is 224 g/mol. The zero-order valence-corrected chi connectivity index (χ0v) is 10.1. The van der Waals surface area contributed by atoms with Crippen LogP contribution in [0.3, 0.4) is 0 Å². The van der Waals surface area contributed by atoms with Gasteiger partial charge in [0.15, 0.2) is 0 Å². The fourth-order valence-corrected chi connectivity index (χ4v) is 2.32. The summed E-state index contributed by atoms with van der Waals surface area (Å²) in [5, 5.41) is 0. The predicted molar refractivity (Wildman–Crippen MR) is 61.0 cm³/mol. The van der Waals surface area contributed by atoms with Crippen LogP contribution in [-0.4, -0.2) is 24.8 Å². The molecule has 1 saturated carbocycles. The second-order valence-electron chi connectivity index (χ2n) is 4.77. The van der Waals surface area contributed by atoms with Gasteiger partial charge in [-0.15, -0.1) is 0 Å². The minimum atomic E-state index is -0.166. The van der Waals surface area contributed by atoms with Crippen molar-refractivity contribution in [2.75, 3.05) is 6.61 Å². The molecule has 0 aromatic heterocycles. The highest BCUT2D eigenvalue weighted by Crippen LogP contribution is 2.40. The predicted octanol–water partition coefficient (Wildman–Crippen LogP) is 2.45. The van der Waals surface area contributed by atoms with Gasteiger partial charge in [-0.2, -0.15) is 0 Å². The molecule has 3 atom stereocenters. The Labute approximate surface area is 96.8 Å². The summed E-state index contributed by atoms with van der Waals surface area (Å²) in [6.07, 6.45) is 7.29. The molecular weight excluding hydrogens is 204 g/mol. The summed E-state index contributed by atoms with van der Waals surface area (Å²) in [5.41, 5.74) is 0.748. The van der Waals surface area contributed by atoms with E-state index >= 15 is 0 Å². The smallest absolute Gasteiger partial charge is 0.333 e. The lowest BCUT2D eigenvalue weighted by atomic mass is 9.88. The van der Waals surface area contributed by atoms with E-state index in [1.54, 1.807) is 0 Å². The lowest BCUT2D eigenvalue weighted by molar-refractivity contribution is -0.139. The molecule has 1 aliphatic heterocycles. The van der Waals surface area contributed by atoms with E-state index in [1.807, 2.05) is 13.8 Å². The Balaban J connectivity index is 1.82. The van der Waals surface area contributed by atoms with Gasteiger partial charge in [-0.05, 0) is 38.5 Å². The second kappa shape index (κ2) is 5.00. The van der Waals surface area contributed by atoms with Gasteiger partial charge >= 0.3 is 5.97 Å². The summed E-state index contributed by atoms with van der Waals surface area (Å²) in [4.78, 5) is 11.5. The van der Waals surface area contributed by atoms with Crippen molar-refractivity contribution in [1.82, 2.24) is 0 Å². The maximum absolute atomic E-state index is 11.5. The van der Waals surface area contributed by atoms with Crippen molar-refractivity contribution in [1.29, 1.82) is 0 Å². The quantitative estimate of drug-likeness (QED) is 0.418. The molecule has 1 heterocycles. The largest absolute Gasteiger partial charge is 0.462 e. The molecule has 1 aliphatic carbocycles. The Bertz CT molecular complexity index is 296. The standard InChI is InChI=1S/C13H20O3/c1-3-6-15-13(14)9(2)7-10-4-5-11-12(8-10)16-11/h7,10-12H,3-6,8H2,1-2H3/b9-7+. The van der Waals surface area contributed by atoms with E-state index in [1.165, 1.54) is 0 Å². The minimum absolute atomic E-state index is 0.166. The van der Waals surface area contributed by atoms with Gasteiger partial charge in [-0.3, -0.25) is 0 Å². The highest BCUT2D eigenvalue weighted by Gasteiger charge is 2.43. The third kappa shape index (κ3) is 2.85. The van der Waals surface area contributed by atoms with E-state index in [0.717, 1.165) is 31.3 Å². The molecule has 3 unspecified atom stereocenters. The van der Waals surface area contributed by atoms with Crippen molar-refractivity contribution < 1.29 is 14.3 Å². The minimum Gasteiger partial charge on any atom is -0.462 e. The molecule has 90 valence electrons. The van der Waals surface area contributed by atoms with E-state index < -0.39 is 0 Å². The lowest BCUT2D eigenvalue weighted by Gasteiger charge is -2.15. The molecule has 1 saturated heterocycles. The van der Waals surface area contributed by atoms with Crippen LogP contribution in [0.15, 0.2) is 11.6 Å². The summed E-state index contributed by atoms with van der Waals surface area (Å²) < 4.78 is 10.6. The molecule has 0 bridgehead atoms. The van der Waals surface area contributed by atoms with Crippen LogP contribution in [0.25, 0.3) is 0 Å². The van der Waals surface area contributed by atoms with E-state index in [-0.39, 0.29) is 5.97 Å². The number of allylic oxidation sites excluding steroid dienone is 1. The van der Waals surface area contributed by atoms with Crippen LogP contribution in [0, 0.1) is 5.92 Å². The maximum atomic E-state index is 11.5. The Morgan fingerprint density at radius 3 is 2.94 bits per heavy atom. The van der Waals surface area contributed by atoms with Crippen molar-refractivity contribution in [2.24, 2.45) is 5.92 Å². The van der Waals surface area contributed by atoms with E-state index in [4.69, 9.17) is 9.47 Å². The molecule has 0 aromatic carbocycles. The maximum Gasteiger partial charge on any atom is 0.333 e. The Morgan fingerprint density at radius 2 is 2.25 bits per heavy atom. The van der Waals surface area contributed by atoms with Gasteiger partial charge in [0, 0.05) is 5.57 Å². The molecule has 0 spiro atoms. The summed E-state index contributed by atoms with van der Waals surface area (Å²) in [6, 6.07) is 0. The number of hydrogen-bond donors (Lipinski definition) is 0. The van der Waals surface area contributed by atoms with Gasteiger partial charge in [0.2, 0.25) is 0 Å². The fourth-order valence-electron chi connectivity index (χ4n) is 2.32. The van der Waals surface area contributed by atoms with Gasteiger partial charge in [-0.1, -0.05) is 13.0 Å². The van der Waals surface area contributed by atoms with Gasteiger partial charge in [0.25, 0.3) is 0 Å². The summed E-state index contributed by atoms with van der Waals surface area (Å²) in [7, 11) is 0. The molecule has 3 nitrogen and oxygen atoms in total. The van der Waals surface area contributed by atoms with Gasteiger partial charge < -0.3 is 9.47 Å². The Morgan fingerprint density at radius 1 is 1.44 bits per heavy atom. The average Bonchev–Trinajstić information content (AvgIpc) is 3.03. The molecule has 2 aliphatic rings. The van der Waals surface area contributed by atoms with Crippen molar-refractivity contribution in [3.05, 3.63) is 11.6 Å². The first-order valence-electron chi connectivity index (χ1n) is 6.21. The van der Waals surface area contributed by atoms with Crippen molar-refractivity contribution in [3.8, 4) is 0 Å². The highest BCUT2D eigenvalue weighted by molar-refractivity contribution is 5.87. The first-order chi connectivity index (χ1) is 7.70. The summed E-state index contributed by atoms with van der Waals surface area (Å²) in [6.45, 7) is 4.36. The Hall–Kier alpha value is -0.830. The van der Waals surface area contributed by atoms with Gasteiger partial charge in [0.1, 0.15) is 0 Å². The highest BCUT2D eigenvalue weighted by atomic mass is 16.6. The van der Waals surface area contributed by atoms with Crippen LogP contribution in [0.4, 0.5) is 0 Å². The topological polar surface area (TPSA) is 38.8 Å². The van der Waals surface area contributed by atoms with E-state index in [0.29, 0.717) is 24.7 Å². The van der Waals surface area contributed by atoms with E-state index in [2.05, 4.69) is 6.08 Å². The fraction of sp³-hybridized carbons (Fsp3) is 0.769. The van der Waals surface area contributed by atoms with E-state index in [9.17, 15) is 4.79 Å². The number of ether oxygens (including phenoxy) is 2. The molecule has 3 heteroatoms. The molecule has 0 N–H and O–H groups in total. The molecule has 0 radical (unpaired) electrons. The van der Waals surface area contributed by atoms with Crippen molar-refractivity contribution >= 4 is 5.97 Å². The number of rotatable bonds is 4. The second-order valence-corrected chi connectivity index (χ2v) is 4.77. The van der Waals surface area contributed by atoms with Crippen LogP contribution in [0.2, 0.25) is 0 Å². The van der Waals surface area contributed by atoms with Crippen LogP contribution >= 0.6 is 0 Å². The zero-order chi connectivity index (χ0) is 11.5. The SMILES string of the molecule is CCCOC(=O)/C(C)=C/C1CCC2OC2C1. The zero-order valence-electron chi connectivity index (χ0n) is 10.1. The molecule has 16 heavy (non-hydrogen) atoms. The van der Waals surface area contributed by atoms with Gasteiger partial charge in [-0.25, -0.2) is 4.79 Å². The first kappa shape index (κ1) is 11.6. The normalized spacial score (nSPS) is 33.1. The van der Waals surface area contributed by atoms with Crippen LogP contribution < -0.4 is 0 Å². The number of epoxide rings is 1. The molecule has 0 aromatic rings. The van der Waals surface area contributed by atoms with Crippen LogP contribution in [0.5, 0.6) is 0 Å². The number of esters is 1. The number of carbonyl (C=O) groups is 1. The van der Waals surface area contributed by atoms with Crippen molar-refractivity contribution in [2.45, 2.75) is 51.7 Å². The molecule has 0 amide bonds.